The topological polar surface area (TPSA) is 61.1 Å². The number of nitrogens with zero attached hydrogens (tertiary/aromatic N) is 1. The highest BCUT2D eigenvalue weighted by Gasteiger charge is 2.03. The van der Waals surface area contributed by atoms with Crippen molar-refractivity contribution < 1.29 is 14.3 Å². The van der Waals surface area contributed by atoms with Gasteiger partial charge in [-0.3, -0.25) is 4.79 Å². The molecule has 0 heterocycles. The van der Waals surface area contributed by atoms with Crippen molar-refractivity contribution in [1.82, 2.24) is 0 Å². The number of halogens is 1. The third kappa shape index (κ3) is 2.87. The smallest absolute Gasteiger partial charge is 0.303 e. The van der Waals surface area contributed by atoms with Gasteiger partial charge in [0, 0.05) is 6.42 Å². The molecule has 0 unspecified atom stereocenters. The summed E-state index contributed by atoms with van der Waals surface area (Å²) in [4.78, 5) is 10.3. The van der Waals surface area contributed by atoms with Crippen LogP contribution < -0.4 is 0 Å². The first kappa shape index (κ1) is 10.2. The van der Waals surface area contributed by atoms with Crippen LogP contribution >= 0.6 is 0 Å². The van der Waals surface area contributed by atoms with Crippen LogP contribution in [-0.2, 0) is 11.2 Å². The second-order valence-corrected chi connectivity index (χ2v) is 2.85. The highest BCUT2D eigenvalue weighted by molar-refractivity contribution is 5.67. The molecule has 1 N–H and O–H groups in total. The lowest BCUT2D eigenvalue weighted by atomic mass is 10.1. The van der Waals surface area contributed by atoms with Gasteiger partial charge in [-0.2, -0.15) is 5.26 Å². The Morgan fingerprint density at radius 1 is 1.50 bits per heavy atom. The number of carboxylic acid groups (broad SMARTS) is 1. The molecule has 0 spiro atoms. The molecule has 0 aliphatic heterocycles. The Labute approximate surface area is 80.4 Å². The van der Waals surface area contributed by atoms with Crippen molar-refractivity contribution in [2.75, 3.05) is 0 Å². The van der Waals surface area contributed by atoms with Crippen LogP contribution in [0.2, 0.25) is 0 Å². The quantitative estimate of drug-likeness (QED) is 0.794. The van der Waals surface area contributed by atoms with Gasteiger partial charge in [0.25, 0.3) is 0 Å². The number of nitriles is 1. The van der Waals surface area contributed by atoms with E-state index in [4.69, 9.17) is 10.4 Å². The summed E-state index contributed by atoms with van der Waals surface area (Å²) in [7, 11) is 0. The van der Waals surface area contributed by atoms with Crippen LogP contribution in [0.1, 0.15) is 17.5 Å². The molecule has 0 aliphatic rings. The van der Waals surface area contributed by atoms with E-state index in [2.05, 4.69) is 0 Å². The Balaban J connectivity index is 2.82. The largest absolute Gasteiger partial charge is 0.481 e. The molecule has 0 saturated heterocycles. The van der Waals surface area contributed by atoms with E-state index in [1.807, 2.05) is 6.07 Å². The Bertz CT molecular complexity index is 396. The molecule has 0 amide bonds. The summed E-state index contributed by atoms with van der Waals surface area (Å²) in [5.74, 6) is -1.45. The predicted molar refractivity (Wildman–Crippen MR) is 47.1 cm³/mol. The lowest BCUT2D eigenvalue weighted by Gasteiger charge is -1.99. The molecule has 1 aromatic carbocycles. The molecule has 4 heteroatoms. The van der Waals surface area contributed by atoms with Crippen LogP contribution in [0.5, 0.6) is 0 Å². The first-order chi connectivity index (χ1) is 6.61. The van der Waals surface area contributed by atoms with E-state index in [9.17, 15) is 9.18 Å². The van der Waals surface area contributed by atoms with Gasteiger partial charge >= 0.3 is 5.97 Å². The number of hydrogen-bond donors (Lipinski definition) is 1. The van der Waals surface area contributed by atoms with E-state index in [1.54, 1.807) is 0 Å². The first-order valence-electron chi connectivity index (χ1n) is 4.03. The minimum atomic E-state index is -0.937. The van der Waals surface area contributed by atoms with Crippen molar-refractivity contribution in [2.45, 2.75) is 12.8 Å². The number of carbonyl (C=O) groups is 1. The summed E-state index contributed by atoms with van der Waals surface area (Å²) in [5.41, 5.74) is 0.745. The van der Waals surface area contributed by atoms with Crippen LogP contribution in [0.3, 0.4) is 0 Å². The van der Waals surface area contributed by atoms with E-state index >= 15 is 0 Å². The Hall–Kier alpha value is -1.89. The summed E-state index contributed by atoms with van der Waals surface area (Å²) >= 11 is 0. The summed E-state index contributed by atoms with van der Waals surface area (Å²) in [6.07, 6.45) is 0.177. The molecule has 0 radical (unpaired) electrons. The molecule has 72 valence electrons. The Morgan fingerprint density at radius 3 is 2.79 bits per heavy atom. The van der Waals surface area contributed by atoms with Crippen molar-refractivity contribution in [3.05, 3.63) is 35.1 Å². The Kier molecular flexibility index (Phi) is 3.19. The second-order valence-electron chi connectivity index (χ2n) is 2.85. The summed E-state index contributed by atoms with van der Waals surface area (Å²) in [6, 6.07) is 5.66. The number of rotatable bonds is 3. The molecule has 0 aromatic heterocycles. The highest BCUT2D eigenvalue weighted by Crippen LogP contribution is 2.10. The normalized spacial score (nSPS) is 9.43. The molecule has 3 nitrogen and oxygen atoms in total. The number of carboxylic acids is 1. The van der Waals surface area contributed by atoms with Gasteiger partial charge in [-0.15, -0.1) is 0 Å². The van der Waals surface area contributed by atoms with Crippen LogP contribution in [0, 0.1) is 17.1 Å². The standard InChI is InChI=1S/C10H8FNO2/c11-9-4-7(1-2-10(13)14)3-8(5-9)6-12/h3-5H,1-2H2,(H,13,14). The average molecular weight is 193 g/mol. The fourth-order valence-electron chi connectivity index (χ4n) is 1.11. The Morgan fingerprint density at radius 2 is 2.21 bits per heavy atom. The van der Waals surface area contributed by atoms with Gasteiger partial charge in [0.15, 0.2) is 0 Å². The molecule has 0 saturated carbocycles. The number of benzene rings is 1. The van der Waals surface area contributed by atoms with E-state index in [0.717, 1.165) is 6.07 Å². The van der Waals surface area contributed by atoms with Crippen molar-refractivity contribution in [3.8, 4) is 6.07 Å². The lowest BCUT2D eigenvalue weighted by molar-refractivity contribution is -0.136. The van der Waals surface area contributed by atoms with Gasteiger partial charge in [0.2, 0.25) is 0 Å². The molecule has 0 fully saturated rings. The van der Waals surface area contributed by atoms with Crippen molar-refractivity contribution in [2.24, 2.45) is 0 Å². The molecular weight excluding hydrogens is 185 g/mol. The van der Waals surface area contributed by atoms with E-state index < -0.39 is 11.8 Å². The van der Waals surface area contributed by atoms with Crippen LogP contribution in [0.4, 0.5) is 4.39 Å². The number of aryl methyl sites for hydroxylation is 1. The van der Waals surface area contributed by atoms with E-state index in [0.29, 0.717) is 5.56 Å². The fraction of sp³-hybridized carbons (Fsp3) is 0.200. The minimum absolute atomic E-state index is 0.0612. The molecule has 0 aliphatic carbocycles. The molecule has 0 bridgehead atoms. The maximum atomic E-state index is 12.8. The highest BCUT2D eigenvalue weighted by atomic mass is 19.1. The molecule has 1 rings (SSSR count). The van der Waals surface area contributed by atoms with Crippen molar-refractivity contribution in [1.29, 1.82) is 5.26 Å². The first-order valence-corrected chi connectivity index (χ1v) is 4.03. The summed E-state index contributed by atoms with van der Waals surface area (Å²) < 4.78 is 12.8. The van der Waals surface area contributed by atoms with Gasteiger partial charge < -0.3 is 5.11 Å². The van der Waals surface area contributed by atoms with Crippen molar-refractivity contribution in [3.63, 3.8) is 0 Å². The van der Waals surface area contributed by atoms with Crippen LogP contribution in [0.15, 0.2) is 18.2 Å². The van der Waals surface area contributed by atoms with Gasteiger partial charge in [0.05, 0.1) is 11.6 Å². The van der Waals surface area contributed by atoms with Gasteiger partial charge in [-0.25, -0.2) is 4.39 Å². The zero-order valence-electron chi connectivity index (χ0n) is 7.33. The second kappa shape index (κ2) is 4.38. The van der Waals surface area contributed by atoms with Gasteiger partial charge in [-0.05, 0) is 30.2 Å². The number of hydrogen-bond acceptors (Lipinski definition) is 2. The zero-order valence-corrected chi connectivity index (χ0v) is 7.33. The number of aliphatic carboxylic acids is 1. The van der Waals surface area contributed by atoms with Gasteiger partial charge in [0.1, 0.15) is 5.82 Å². The summed E-state index contributed by atoms with van der Waals surface area (Å²) in [5, 5.41) is 16.9. The molecule has 14 heavy (non-hydrogen) atoms. The summed E-state index contributed by atoms with van der Waals surface area (Å²) in [6.45, 7) is 0. The van der Waals surface area contributed by atoms with E-state index in [-0.39, 0.29) is 18.4 Å². The molecule has 0 atom stereocenters. The fourth-order valence-corrected chi connectivity index (χ4v) is 1.11. The third-order valence-corrected chi connectivity index (χ3v) is 1.71. The SMILES string of the molecule is N#Cc1cc(F)cc(CCC(=O)O)c1. The minimum Gasteiger partial charge on any atom is -0.481 e. The maximum Gasteiger partial charge on any atom is 0.303 e. The van der Waals surface area contributed by atoms with Crippen LogP contribution in [-0.4, -0.2) is 11.1 Å². The van der Waals surface area contributed by atoms with Gasteiger partial charge in [-0.1, -0.05) is 0 Å². The average Bonchev–Trinajstić information content (AvgIpc) is 2.14. The monoisotopic (exact) mass is 193 g/mol. The maximum absolute atomic E-state index is 12.8. The van der Waals surface area contributed by atoms with E-state index in [1.165, 1.54) is 12.1 Å². The zero-order chi connectivity index (χ0) is 10.6. The molecule has 1 aromatic rings. The lowest BCUT2D eigenvalue weighted by Crippen LogP contribution is -1.98. The predicted octanol–water partition coefficient (Wildman–Crippen LogP) is 1.71. The van der Waals surface area contributed by atoms with Crippen LogP contribution in [0.25, 0.3) is 0 Å². The molecular formula is C10H8FNO2. The van der Waals surface area contributed by atoms with Crippen molar-refractivity contribution >= 4 is 5.97 Å². The third-order valence-electron chi connectivity index (χ3n) is 1.71.